The second-order valence-corrected chi connectivity index (χ2v) is 3.33. The summed E-state index contributed by atoms with van der Waals surface area (Å²) in [6.07, 6.45) is 0. The number of halogens is 3. The van der Waals surface area contributed by atoms with E-state index < -0.39 is 5.82 Å². The molecule has 1 rings (SSSR count). The van der Waals surface area contributed by atoms with Crippen LogP contribution in [0.5, 0.6) is 0 Å². The number of aromatic nitrogens is 2. The van der Waals surface area contributed by atoms with Gasteiger partial charge in [-0.3, -0.25) is 0 Å². The smallest absolute Gasteiger partial charge is 0.220 e. The Bertz CT molecular complexity index is 302. The Morgan fingerprint density at radius 1 is 1.25 bits per heavy atom. The van der Waals surface area contributed by atoms with E-state index in [9.17, 15) is 4.39 Å². The molecule has 0 aliphatic rings. The first kappa shape index (κ1) is 9.68. The predicted molar refractivity (Wildman–Crippen MR) is 46.1 cm³/mol. The zero-order valence-electron chi connectivity index (χ0n) is 6.61. The molecular formula is C7H7Cl2FN2. The van der Waals surface area contributed by atoms with Gasteiger partial charge in [0.25, 0.3) is 0 Å². The van der Waals surface area contributed by atoms with Crippen molar-refractivity contribution in [3.8, 4) is 0 Å². The Kier molecular flexibility index (Phi) is 2.85. The summed E-state index contributed by atoms with van der Waals surface area (Å²) in [6, 6.07) is 0. The van der Waals surface area contributed by atoms with Crippen LogP contribution in [0.15, 0.2) is 0 Å². The second-order valence-electron chi connectivity index (χ2n) is 2.64. The summed E-state index contributed by atoms with van der Waals surface area (Å²) in [6.45, 7) is 3.61. The maximum atomic E-state index is 13.1. The molecule has 0 bridgehead atoms. The summed E-state index contributed by atoms with van der Waals surface area (Å²) < 4.78 is 13.1. The fourth-order valence-electron chi connectivity index (χ4n) is 0.792. The van der Waals surface area contributed by atoms with Gasteiger partial charge in [0.05, 0.1) is 5.69 Å². The highest BCUT2D eigenvalue weighted by molar-refractivity contribution is 6.31. The second kappa shape index (κ2) is 3.54. The van der Waals surface area contributed by atoms with E-state index in [1.165, 1.54) is 0 Å². The van der Waals surface area contributed by atoms with E-state index in [1.54, 1.807) is 13.8 Å². The van der Waals surface area contributed by atoms with Crippen molar-refractivity contribution in [2.24, 2.45) is 0 Å². The summed E-state index contributed by atoms with van der Waals surface area (Å²) in [7, 11) is 0. The molecule has 0 saturated carbocycles. The minimum Gasteiger partial charge on any atom is -0.220 e. The van der Waals surface area contributed by atoms with Crippen LogP contribution >= 0.6 is 23.2 Å². The topological polar surface area (TPSA) is 25.8 Å². The van der Waals surface area contributed by atoms with Crippen LogP contribution in [0.2, 0.25) is 10.4 Å². The lowest BCUT2D eigenvalue weighted by Gasteiger charge is -2.05. The Balaban J connectivity index is 3.28. The average molecular weight is 209 g/mol. The third-order valence-electron chi connectivity index (χ3n) is 1.36. The molecule has 2 nitrogen and oxygen atoms in total. The molecule has 0 amide bonds. The minimum atomic E-state index is -0.587. The molecule has 0 aliphatic heterocycles. The van der Waals surface area contributed by atoms with Gasteiger partial charge in [-0.2, -0.15) is 0 Å². The molecule has 0 atom stereocenters. The van der Waals surface area contributed by atoms with E-state index in [2.05, 4.69) is 9.97 Å². The molecule has 12 heavy (non-hydrogen) atoms. The normalized spacial score (nSPS) is 10.8. The third-order valence-corrected chi connectivity index (χ3v) is 1.78. The number of rotatable bonds is 1. The standard InChI is InChI=1S/C7H7Cl2FN2/c1-3(2)5-4(10)6(8)12-7(9)11-5/h3H,1-2H3. The van der Waals surface area contributed by atoms with E-state index >= 15 is 0 Å². The van der Waals surface area contributed by atoms with Crippen molar-refractivity contribution in [2.45, 2.75) is 19.8 Å². The van der Waals surface area contributed by atoms with Crippen molar-refractivity contribution in [2.75, 3.05) is 0 Å². The van der Waals surface area contributed by atoms with Gasteiger partial charge in [-0.15, -0.1) is 0 Å². The Hall–Kier alpha value is -0.410. The van der Waals surface area contributed by atoms with E-state index in [0.717, 1.165) is 0 Å². The quantitative estimate of drug-likeness (QED) is 0.524. The van der Waals surface area contributed by atoms with Gasteiger partial charge < -0.3 is 0 Å². The number of hydrogen-bond donors (Lipinski definition) is 0. The lowest BCUT2D eigenvalue weighted by atomic mass is 10.1. The molecule has 5 heteroatoms. The lowest BCUT2D eigenvalue weighted by Crippen LogP contribution is -2.00. The van der Waals surface area contributed by atoms with Gasteiger partial charge in [0.15, 0.2) is 11.0 Å². The highest BCUT2D eigenvalue weighted by atomic mass is 35.5. The van der Waals surface area contributed by atoms with E-state index in [4.69, 9.17) is 23.2 Å². The molecule has 66 valence electrons. The molecule has 0 saturated heterocycles. The van der Waals surface area contributed by atoms with Gasteiger partial charge in [-0.25, -0.2) is 14.4 Å². The fraction of sp³-hybridized carbons (Fsp3) is 0.429. The van der Waals surface area contributed by atoms with E-state index in [0.29, 0.717) is 0 Å². The largest absolute Gasteiger partial charge is 0.224 e. The van der Waals surface area contributed by atoms with Gasteiger partial charge in [-0.1, -0.05) is 25.4 Å². The molecule has 1 heterocycles. The van der Waals surface area contributed by atoms with Gasteiger partial charge in [-0.05, 0) is 17.5 Å². The van der Waals surface area contributed by atoms with Gasteiger partial charge in [0.2, 0.25) is 5.28 Å². The fourth-order valence-corrected chi connectivity index (χ4v) is 1.19. The van der Waals surface area contributed by atoms with Gasteiger partial charge >= 0.3 is 0 Å². The zero-order valence-corrected chi connectivity index (χ0v) is 8.12. The van der Waals surface area contributed by atoms with Crippen LogP contribution < -0.4 is 0 Å². The summed E-state index contributed by atoms with van der Waals surface area (Å²) in [5.74, 6) is -0.640. The molecule has 0 aliphatic carbocycles. The summed E-state index contributed by atoms with van der Waals surface area (Å²) >= 11 is 10.9. The lowest BCUT2D eigenvalue weighted by molar-refractivity contribution is 0.577. The summed E-state index contributed by atoms with van der Waals surface area (Å²) in [5.41, 5.74) is 0.250. The molecule has 0 fully saturated rings. The first-order chi connectivity index (χ1) is 5.52. The summed E-state index contributed by atoms with van der Waals surface area (Å²) in [4.78, 5) is 7.19. The molecule has 0 radical (unpaired) electrons. The van der Waals surface area contributed by atoms with Crippen LogP contribution in [0, 0.1) is 5.82 Å². The van der Waals surface area contributed by atoms with Crippen LogP contribution in [0.3, 0.4) is 0 Å². The van der Waals surface area contributed by atoms with Crippen molar-refractivity contribution in [1.29, 1.82) is 0 Å². The third kappa shape index (κ3) is 1.84. The molecule has 1 aromatic rings. The first-order valence-corrected chi connectivity index (χ1v) is 4.16. The number of nitrogens with zero attached hydrogens (tertiary/aromatic N) is 2. The van der Waals surface area contributed by atoms with Crippen LogP contribution in [0.25, 0.3) is 0 Å². The van der Waals surface area contributed by atoms with Crippen molar-refractivity contribution in [3.63, 3.8) is 0 Å². The highest BCUT2D eigenvalue weighted by Gasteiger charge is 2.14. The molecule has 0 spiro atoms. The monoisotopic (exact) mass is 208 g/mol. The predicted octanol–water partition coefficient (Wildman–Crippen LogP) is 3.05. The van der Waals surface area contributed by atoms with Crippen molar-refractivity contribution in [1.82, 2.24) is 9.97 Å². The molecule has 0 unspecified atom stereocenters. The molecule has 0 aromatic carbocycles. The van der Waals surface area contributed by atoms with E-state index in [1.807, 2.05) is 0 Å². The Morgan fingerprint density at radius 3 is 2.33 bits per heavy atom. The van der Waals surface area contributed by atoms with Crippen LogP contribution in [0.4, 0.5) is 4.39 Å². The Morgan fingerprint density at radius 2 is 1.83 bits per heavy atom. The van der Waals surface area contributed by atoms with Gasteiger partial charge in [0.1, 0.15) is 0 Å². The molecule has 1 aromatic heterocycles. The van der Waals surface area contributed by atoms with Crippen molar-refractivity contribution in [3.05, 3.63) is 21.9 Å². The van der Waals surface area contributed by atoms with Crippen molar-refractivity contribution >= 4 is 23.2 Å². The SMILES string of the molecule is CC(C)c1nc(Cl)nc(Cl)c1F. The van der Waals surface area contributed by atoms with E-state index in [-0.39, 0.29) is 22.0 Å². The first-order valence-electron chi connectivity index (χ1n) is 3.40. The van der Waals surface area contributed by atoms with Crippen LogP contribution in [0.1, 0.15) is 25.5 Å². The summed E-state index contributed by atoms with van der Waals surface area (Å²) in [5, 5.41) is -0.246. The van der Waals surface area contributed by atoms with Crippen LogP contribution in [-0.2, 0) is 0 Å². The van der Waals surface area contributed by atoms with Crippen LogP contribution in [-0.4, -0.2) is 9.97 Å². The minimum absolute atomic E-state index is 0.0231. The molecular weight excluding hydrogens is 202 g/mol. The maximum absolute atomic E-state index is 13.1. The average Bonchev–Trinajstić information content (AvgIpc) is 1.96. The highest BCUT2D eigenvalue weighted by Crippen LogP contribution is 2.22. The maximum Gasteiger partial charge on any atom is 0.224 e. The zero-order chi connectivity index (χ0) is 9.30. The Labute approximate surface area is 79.7 Å². The van der Waals surface area contributed by atoms with Crippen molar-refractivity contribution < 1.29 is 4.39 Å². The van der Waals surface area contributed by atoms with Gasteiger partial charge in [0, 0.05) is 0 Å². The molecule has 0 N–H and O–H groups in total. The number of hydrogen-bond acceptors (Lipinski definition) is 2.